The lowest BCUT2D eigenvalue weighted by atomic mass is 9.96. The van der Waals surface area contributed by atoms with Gasteiger partial charge in [-0.1, -0.05) is 12.1 Å². The Morgan fingerprint density at radius 1 is 1.30 bits per heavy atom. The van der Waals surface area contributed by atoms with Crippen molar-refractivity contribution in [1.29, 1.82) is 0 Å². The first-order valence-corrected chi connectivity index (χ1v) is 7.28. The number of alkyl halides is 3. The molecule has 1 aliphatic rings. The van der Waals surface area contributed by atoms with Crippen LogP contribution in [0.4, 0.5) is 18.9 Å². The van der Waals surface area contributed by atoms with Gasteiger partial charge in [0.1, 0.15) is 0 Å². The molecule has 3 N–H and O–H groups in total. The van der Waals surface area contributed by atoms with Gasteiger partial charge in [0, 0.05) is 25.3 Å². The zero-order chi connectivity index (χ0) is 17.0. The number of nitrogens with zero attached hydrogens (tertiary/aromatic N) is 1. The summed E-state index contributed by atoms with van der Waals surface area (Å²) in [6.07, 6.45) is -3.39. The summed E-state index contributed by atoms with van der Waals surface area (Å²) < 4.78 is 36.6. The van der Waals surface area contributed by atoms with E-state index in [1.807, 2.05) is 10.2 Å². The number of hydrogen-bond acceptors (Lipinski definition) is 3. The minimum Gasteiger partial charge on any atom is -0.371 e. The summed E-state index contributed by atoms with van der Waals surface area (Å²) in [7, 11) is 0. The summed E-state index contributed by atoms with van der Waals surface area (Å²) in [6, 6.07) is 6.86. The monoisotopic (exact) mass is 329 g/mol. The molecule has 1 fully saturated rings. The van der Waals surface area contributed by atoms with Gasteiger partial charge in [0.2, 0.25) is 0 Å². The number of carbonyl (C=O) groups excluding carboxylic acids is 2. The molecule has 2 rings (SSSR count). The SMILES string of the molecule is NC(=O)c1ccccc1N1CCCC(CNC(=O)C(F)(F)F)C1. The second kappa shape index (κ2) is 6.89. The van der Waals surface area contributed by atoms with Gasteiger partial charge >= 0.3 is 12.1 Å². The molecule has 1 saturated heterocycles. The Hall–Kier alpha value is -2.25. The van der Waals surface area contributed by atoms with Crippen LogP contribution in [0.15, 0.2) is 24.3 Å². The zero-order valence-electron chi connectivity index (χ0n) is 12.4. The van der Waals surface area contributed by atoms with Gasteiger partial charge in [0.25, 0.3) is 5.91 Å². The van der Waals surface area contributed by atoms with E-state index < -0.39 is 18.0 Å². The van der Waals surface area contributed by atoms with Crippen molar-refractivity contribution in [1.82, 2.24) is 5.32 Å². The molecule has 1 aromatic carbocycles. The number of carbonyl (C=O) groups is 2. The van der Waals surface area contributed by atoms with E-state index in [-0.39, 0.29) is 12.5 Å². The van der Waals surface area contributed by atoms with Gasteiger partial charge < -0.3 is 16.0 Å². The van der Waals surface area contributed by atoms with Crippen LogP contribution in [0, 0.1) is 5.92 Å². The minimum absolute atomic E-state index is 0.0480. The molecule has 1 aliphatic heterocycles. The van der Waals surface area contributed by atoms with Crippen molar-refractivity contribution in [3.63, 3.8) is 0 Å². The number of nitrogens with one attached hydrogen (secondary N) is 1. The summed E-state index contributed by atoms with van der Waals surface area (Å²) in [5.41, 5.74) is 6.41. The van der Waals surface area contributed by atoms with Crippen molar-refractivity contribution in [2.45, 2.75) is 19.0 Å². The second-order valence-corrected chi connectivity index (χ2v) is 5.54. The number of rotatable bonds is 4. The highest BCUT2D eigenvalue weighted by atomic mass is 19.4. The highest BCUT2D eigenvalue weighted by Gasteiger charge is 2.38. The lowest BCUT2D eigenvalue weighted by molar-refractivity contribution is -0.173. The predicted molar refractivity (Wildman–Crippen MR) is 79.0 cm³/mol. The molecule has 1 unspecified atom stereocenters. The summed E-state index contributed by atoms with van der Waals surface area (Å²) in [5.74, 6) is -2.59. The molecule has 126 valence electrons. The van der Waals surface area contributed by atoms with Crippen LogP contribution in [0.3, 0.4) is 0 Å². The van der Waals surface area contributed by atoms with Crippen molar-refractivity contribution < 1.29 is 22.8 Å². The first kappa shape index (κ1) is 17.1. The normalized spacial score (nSPS) is 18.6. The molecular formula is C15H18F3N3O2. The van der Waals surface area contributed by atoms with Gasteiger partial charge in [-0.05, 0) is 30.9 Å². The van der Waals surface area contributed by atoms with Crippen LogP contribution in [-0.2, 0) is 4.79 Å². The van der Waals surface area contributed by atoms with Crippen LogP contribution >= 0.6 is 0 Å². The van der Waals surface area contributed by atoms with E-state index in [1.165, 1.54) is 0 Å². The number of primary amides is 1. The van der Waals surface area contributed by atoms with Crippen LogP contribution in [0.1, 0.15) is 23.2 Å². The number of anilines is 1. The molecule has 0 radical (unpaired) electrons. The Bertz CT molecular complexity index is 590. The lowest BCUT2D eigenvalue weighted by Gasteiger charge is -2.35. The standard InChI is InChI=1S/C15H18F3N3O2/c16-15(17,18)14(23)20-8-10-4-3-7-21(9-10)12-6-2-1-5-11(12)13(19)22/h1-2,5-6,10H,3-4,7-9H2,(H2,19,22)(H,20,23). The fourth-order valence-corrected chi connectivity index (χ4v) is 2.75. The lowest BCUT2D eigenvalue weighted by Crippen LogP contribution is -2.44. The van der Waals surface area contributed by atoms with E-state index in [0.717, 1.165) is 6.42 Å². The molecule has 0 aromatic heterocycles. The van der Waals surface area contributed by atoms with E-state index in [9.17, 15) is 22.8 Å². The van der Waals surface area contributed by atoms with Gasteiger partial charge in [0.05, 0.1) is 5.56 Å². The van der Waals surface area contributed by atoms with Crippen molar-refractivity contribution in [2.75, 3.05) is 24.5 Å². The van der Waals surface area contributed by atoms with Crippen LogP contribution in [0.5, 0.6) is 0 Å². The molecule has 1 atom stereocenters. The fourth-order valence-electron chi connectivity index (χ4n) is 2.75. The molecule has 0 spiro atoms. The number of halogens is 3. The number of piperidine rings is 1. The number of para-hydroxylation sites is 1. The van der Waals surface area contributed by atoms with Crippen LogP contribution in [0.25, 0.3) is 0 Å². The third-order valence-corrected chi connectivity index (χ3v) is 3.84. The average molecular weight is 329 g/mol. The first-order chi connectivity index (χ1) is 10.8. The molecule has 1 heterocycles. The Kier molecular flexibility index (Phi) is 5.12. The second-order valence-electron chi connectivity index (χ2n) is 5.54. The van der Waals surface area contributed by atoms with Gasteiger partial charge in [-0.15, -0.1) is 0 Å². The number of nitrogens with two attached hydrogens (primary N) is 1. The first-order valence-electron chi connectivity index (χ1n) is 7.28. The predicted octanol–water partition coefficient (Wildman–Crippen LogP) is 1.68. The summed E-state index contributed by atoms with van der Waals surface area (Å²) >= 11 is 0. The van der Waals surface area contributed by atoms with Gasteiger partial charge in [-0.25, -0.2) is 0 Å². The smallest absolute Gasteiger partial charge is 0.371 e. The van der Waals surface area contributed by atoms with Crippen molar-refractivity contribution in [3.05, 3.63) is 29.8 Å². The number of hydrogen-bond donors (Lipinski definition) is 2. The Labute approximate surface area is 131 Å². The van der Waals surface area contributed by atoms with Gasteiger partial charge in [0.15, 0.2) is 0 Å². The number of amides is 2. The highest BCUT2D eigenvalue weighted by Crippen LogP contribution is 2.26. The summed E-state index contributed by atoms with van der Waals surface area (Å²) in [5, 5.41) is 1.92. The van der Waals surface area contributed by atoms with Crippen LogP contribution < -0.4 is 16.0 Å². The average Bonchev–Trinajstić information content (AvgIpc) is 2.52. The Morgan fingerprint density at radius 2 is 2.00 bits per heavy atom. The number of benzene rings is 1. The topological polar surface area (TPSA) is 75.4 Å². The van der Waals surface area contributed by atoms with Crippen LogP contribution in [-0.4, -0.2) is 37.6 Å². The summed E-state index contributed by atoms with van der Waals surface area (Å²) in [4.78, 5) is 24.3. The van der Waals surface area contributed by atoms with Crippen molar-refractivity contribution >= 4 is 17.5 Å². The molecule has 0 bridgehead atoms. The molecule has 5 nitrogen and oxygen atoms in total. The zero-order valence-corrected chi connectivity index (χ0v) is 12.4. The van der Waals surface area contributed by atoms with Crippen molar-refractivity contribution in [2.24, 2.45) is 11.7 Å². The molecule has 23 heavy (non-hydrogen) atoms. The van der Waals surface area contributed by atoms with Crippen molar-refractivity contribution in [3.8, 4) is 0 Å². The fraction of sp³-hybridized carbons (Fsp3) is 0.467. The molecular weight excluding hydrogens is 311 g/mol. The van der Waals surface area contributed by atoms with E-state index in [4.69, 9.17) is 5.73 Å². The largest absolute Gasteiger partial charge is 0.471 e. The summed E-state index contributed by atoms with van der Waals surface area (Å²) in [6.45, 7) is 1.10. The third-order valence-electron chi connectivity index (χ3n) is 3.84. The van der Waals surface area contributed by atoms with Crippen LogP contribution in [0.2, 0.25) is 0 Å². The molecule has 0 saturated carbocycles. The van der Waals surface area contributed by atoms with Gasteiger partial charge in [-0.3, -0.25) is 9.59 Å². The maximum atomic E-state index is 12.2. The minimum atomic E-state index is -4.87. The van der Waals surface area contributed by atoms with E-state index >= 15 is 0 Å². The quantitative estimate of drug-likeness (QED) is 0.882. The Morgan fingerprint density at radius 3 is 2.65 bits per heavy atom. The highest BCUT2D eigenvalue weighted by molar-refractivity contribution is 5.98. The molecule has 8 heteroatoms. The Balaban J connectivity index is 2.02. The molecule has 0 aliphatic carbocycles. The van der Waals surface area contributed by atoms with Gasteiger partial charge in [-0.2, -0.15) is 13.2 Å². The van der Waals surface area contributed by atoms with E-state index in [0.29, 0.717) is 30.8 Å². The maximum absolute atomic E-state index is 12.2. The molecule has 1 aromatic rings. The van der Waals surface area contributed by atoms with E-state index in [1.54, 1.807) is 24.3 Å². The third kappa shape index (κ3) is 4.37. The molecule has 2 amide bonds. The maximum Gasteiger partial charge on any atom is 0.471 e. The van der Waals surface area contributed by atoms with E-state index in [2.05, 4.69) is 0 Å².